The first kappa shape index (κ1) is 14.1. The Kier molecular flexibility index (Phi) is 3.53. The van der Waals surface area contributed by atoms with E-state index < -0.39 is 11.9 Å². The maximum atomic E-state index is 11.2. The quantitative estimate of drug-likeness (QED) is 0.663. The molecule has 1 aromatic rings. The van der Waals surface area contributed by atoms with Crippen LogP contribution in [0.25, 0.3) is 6.08 Å². The molecule has 0 bridgehead atoms. The third-order valence-electron chi connectivity index (χ3n) is 3.44. The number of aliphatic carboxylic acids is 1. The molecule has 0 radical (unpaired) electrons. The van der Waals surface area contributed by atoms with E-state index in [9.17, 15) is 9.59 Å². The molecule has 0 amide bonds. The lowest BCUT2D eigenvalue weighted by Gasteiger charge is -2.23. The fourth-order valence-electron chi connectivity index (χ4n) is 2.26. The number of hydrogen-bond donors (Lipinski definition) is 1. The lowest BCUT2D eigenvalue weighted by molar-refractivity contribution is -0.133. The molecule has 1 aliphatic rings. The second-order valence-electron chi connectivity index (χ2n) is 4.80. The number of rotatable bonds is 2. The van der Waals surface area contributed by atoms with Gasteiger partial charge in [-0.25, -0.2) is 4.79 Å². The fraction of sp³-hybridized carbons (Fsp3) is 0.333. The summed E-state index contributed by atoms with van der Waals surface area (Å²) >= 11 is 0. The van der Waals surface area contributed by atoms with Crippen molar-refractivity contribution in [3.8, 4) is 11.5 Å². The number of hydrogen-bond acceptors (Lipinski definition) is 4. The minimum atomic E-state index is -1.01. The molecule has 20 heavy (non-hydrogen) atoms. The Morgan fingerprint density at radius 3 is 2.40 bits per heavy atom. The summed E-state index contributed by atoms with van der Waals surface area (Å²) in [7, 11) is 0. The van der Waals surface area contributed by atoms with Gasteiger partial charge in [0.2, 0.25) is 0 Å². The average molecular weight is 276 g/mol. The van der Waals surface area contributed by atoms with Crippen molar-refractivity contribution in [1.29, 1.82) is 0 Å². The van der Waals surface area contributed by atoms with E-state index in [-0.39, 0.29) is 12.2 Å². The molecule has 0 saturated carbocycles. The highest BCUT2D eigenvalue weighted by Gasteiger charge is 2.24. The van der Waals surface area contributed by atoms with E-state index in [0.29, 0.717) is 22.6 Å². The summed E-state index contributed by atoms with van der Waals surface area (Å²) in [4.78, 5) is 22.3. The highest BCUT2D eigenvalue weighted by molar-refractivity contribution is 5.94. The smallest absolute Gasteiger partial charge is 0.335 e. The highest BCUT2D eigenvalue weighted by Crippen LogP contribution is 2.41. The molecular formula is C15H16O5. The maximum absolute atomic E-state index is 11.2. The van der Waals surface area contributed by atoms with E-state index in [1.807, 2.05) is 13.8 Å². The predicted octanol–water partition coefficient (Wildman–Crippen LogP) is 2.40. The Hall–Kier alpha value is -2.30. The van der Waals surface area contributed by atoms with Crippen LogP contribution >= 0.6 is 0 Å². The zero-order valence-electron chi connectivity index (χ0n) is 11.9. The van der Waals surface area contributed by atoms with Gasteiger partial charge in [-0.15, -0.1) is 0 Å². The molecule has 0 aromatic heterocycles. The van der Waals surface area contributed by atoms with Crippen LogP contribution in [-0.2, 0) is 9.59 Å². The third kappa shape index (κ3) is 2.27. The SMILES string of the molecule is CC(=O)Oc1c(C)c(C)c2c(c1C)C=C(C(=O)O)CO2. The average Bonchev–Trinajstić information content (AvgIpc) is 2.40. The molecule has 0 atom stereocenters. The topological polar surface area (TPSA) is 72.8 Å². The molecule has 5 heteroatoms. The number of esters is 1. The summed E-state index contributed by atoms with van der Waals surface area (Å²) in [6.07, 6.45) is 1.58. The first-order valence-electron chi connectivity index (χ1n) is 6.21. The molecule has 1 N–H and O–H groups in total. The minimum absolute atomic E-state index is 0.0367. The van der Waals surface area contributed by atoms with Gasteiger partial charge in [-0.3, -0.25) is 4.79 Å². The Labute approximate surface area is 116 Å². The minimum Gasteiger partial charge on any atom is -0.488 e. The van der Waals surface area contributed by atoms with Gasteiger partial charge in [-0.05, 0) is 38.0 Å². The second-order valence-corrected chi connectivity index (χ2v) is 4.80. The van der Waals surface area contributed by atoms with Crippen LogP contribution in [0.1, 0.15) is 29.2 Å². The van der Waals surface area contributed by atoms with Crippen LogP contribution in [0.15, 0.2) is 5.57 Å². The number of fused-ring (bicyclic) bond motifs is 1. The van der Waals surface area contributed by atoms with Gasteiger partial charge in [-0.2, -0.15) is 0 Å². The summed E-state index contributed by atoms with van der Waals surface area (Å²) in [6.45, 7) is 6.87. The van der Waals surface area contributed by atoms with Crippen molar-refractivity contribution in [3.63, 3.8) is 0 Å². The van der Waals surface area contributed by atoms with E-state index >= 15 is 0 Å². The molecule has 0 unspecified atom stereocenters. The number of carbonyl (C=O) groups excluding carboxylic acids is 1. The van der Waals surface area contributed by atoms with Crippen LogP contribution in [0.5, 0.6) is 11.5 Å². The van der Waals surface area contributed by atoms with Crippen LogP contribution in [0.2, 0.25) is 0 Å². The third-order valence-corrected chi connectivity index (χ3v) is 3.44. The molecule has 1 aliphatic heterocycles. The van der Waals surface area contributed by atoms with E-state index in [1.165, 1.54) is 6.92 Å². The number of benzene rings is 1. The molecule has 1 aromatic carbocycles. The fourth-order valence-corrected chi connectivity index (χ4v) is 2.26. The van der Waals surface area contributed by atoms with Crippen molar-refractivity contribution >= 4 is 18.0 Å². The molecule has 2 rings (SSSR count). The summed E-state index contributed by atoms with van der Waals surface area (Å²) in [6, 6.07) is 0. The summed E-state index contributed by atoms with van der Waals surface area (Å²) in [5.41, 5.74) is 3.22. The monoisotopic (exact) mass is 276 g/mol. The molecule has 5 nitrogen and oxygen atoms in total. The Morgan fingerprint density at radius 1 is 1.20 bits per heavy atom. The number of ether oxygens (including phenoxy) is 2. The number of carbonyl (C=O) groups is 2. The van der Waals surface area contributed by atoms with Gasteiger partial charge >= 0.3 is 11.9 Å². The zero-order chi connectivity index (χ0) is 15.0. The summed E-state index contributed by atoms with van der Waals surface area (Å²) in [5.74, 6) is -0.293. The molecule has 0 spiro atoms. The van der Waals surface area contributed by atoms with Crippen LogP contribution < -0.4 is 9.47 Å². The highest BCUT2D eigenvalue weighted by atomic mass is 16.5. The Balaban J connectivity index is 2.68. The number of carboxylic acids is 1. The first-order valence-corrected chi connectivity index (χ1v) is 6.21. The van der Waals surface area contributed by atoms with Gasteiger partial charge in [-0.1, -0.05) is 0 Å². The van der Waals surface area contributed by atoms with Gasteiger partial charge in [0, 0.05) is 18.1 Å². The van der Waals surface area contributed by atoms with Crippen molar-refractivity contribution in [2.24, 2.45) is 0 Å². The standard InChI is InChI=1S/C15H16O5/c1-7-8(2)14-12(5-11(6-19-14)15(17)18)9(3)13(7)20-10(4)16/h5H,6H2,1-4H3,(H,17,18). The van der Waals surface area contributed by atoms with Crippen LogP contribution in [0.3, 0.4) is 0 Å². The van der Waals surface area contributed by atoms with Crippen LogP contribution in [-0.4, -0.2) is 23.7 Å². The van der Waals surface area contributed by atoms with Crippen molar-refractivity contribution in [3.05, 3.63) is 27.8 Å². The van der Waals surface area contributed by atoms with E-state index in [2.05, 4.69) is 0 Å². The lowest BCUT2D eigenvalue weighted by Crippen LogP contribution is -2.17. The number of carboxylic acid groups (broad SMARTS) is 1. The van der Waals surface area contributed by atoms with Gasteiger partial charge in [0.05, 0.1) is 5.57 Å². The summed E-state index contributed by atoms with van der Waals surface area (Å²) < 4.78 is 10.8. The molecule has 0 aliphatic carbocycles. The van der Waals surface area contributed by atoms with Crippen LogP contribution in [0, 0.1) is 20.8 Å². The lowest BCUT2D eigenvalue weighted by atomic mass is 9.94. The molecule has 0 fully saturated rings. The van der Waals surface area contributed by atoms with Gasteiger partial charge in [0.1, 0.15) is 18.1 Å². The van der Waals surface area contributed by atoms with E-state index in [0.717, 1.165) is 11.1 Å². The van der Waals surface area contributed by atoms with Crippen molar-refractivity contribution in [2.45, 2.75) is 27.7 Å². The normalized spacial score (nSPS) is 13.1. The molecule has 0 saturated heterocycles. The molecule has 106 valence electrons. The van der Waals surface area contributed by atoms with Crippen molar-refractivity contribution in [1.82, 2.24) is 0 Å². The van der Waals surface area contributed by atoms with E-state index in [4.69, 9.17) is 14.6 Å². The predicted molar refractivity (Wildman–Crippen MR) is 73.1 cm³/mol. The Morgan fingerprint density at radius 2 is 1.85 bits per heavy atom. The van der Waals surface area contributed by atoms with Crippen molar-refractivity contribution in [2.75, 3.05) is 6.61 Å². The second kappa shape index (κ2) is 5.00. The largest absolute Gasteiger partial charge is 0.488 e. The van der Waals surface area contributed by atoms with Gasteiger partial charge in [0.25, 0.3) is 0 Å². The van der Waals surface area contributed by atoms with E-state index in [1.54, 1.807) is 13.0 Å². The van der Waals surface area contributed by atoms with Crippen molar-refractivity contribution < 1.29 is 24.2 Å². The molecular weight excluding hydrogens is 260 g/mol. The zero-order valence-corrected chi connectivity index (χ0v) is 11.9. The van der Waals surface area contributed by atoms with Crippen LogP contribution in [0.4, 0.5) is 0 Å². The molecule has 1 heterocycles. The summed E-state index contributed by atoms with van der Waals surface area (Å²) in [5, 5.41) is 9.06. The van der Waals surface area contributed by atoms with Gasteiger partial charge in [0.15, 0.2) is 0 Å². The Bertz CT molecular complexity index is 640. The first-order chi connectivity index (χ1) is 9.32. The maximum Gasteiger partial charge on any atom is 0.335 e. The van der Waals surface area contributed by atoms with Gasteiger partial charge < -0.3 is 14.6 Å².